The zero-order valence-corrected chi connectivity index (χ0v) is 14.8. The molecule has 134 valence electrons. The third-order valence-electron chi connectivity index (χ3n) is 3.54. The molecule has 0 aliphatic rings. The monoisotopic (exact) mass is 366 g/mol. The molecule has 2 aromatic rings. The molecule has 0 saturated carbocycles. The fraction of sp³-hybridized carbons (Fsp3) is 0.250. The molecule has 0 radical (unpaired) electrons. The zero-order chi connectivity index (χ0) is 18.6. The summed E-state index contributed by atoms with van der Waals surface area (Å²) in [6.45, 7) is 0.121. The van der Waals surface area contributed by atoms with E-state index in [1.165, 1.54) is 25.2 Å². The minimum atomic E-state index is -3.54. The van der Waals surface area contributed by atoms with E-state index in [1.54, 1.807) is 31.4 Å². The summed E-state index contributed by atoms with van der Waals surface area (Å²) in [5, 5.41) is 11.0. The van der Waals surface area contributed by atoms with Gasteiger partial charge in [-0.3, -0.25) is 14.4 Å². The molecule has 0 fully saturated rings. The van der Waals surface area contributed by atoms with Crippen LogP contribution in [0.3, 0.4) is 0 Å². The molecular formula is C16H18N2O6S. The van der Waals surface area contributed by atoms with Gasteiger partial charge < -0.3 is 9.47 Å². The van der Waals surface area contributed by atoms with E-state index in [2.05, 4.69) is 0 Å². The smallest absolute Gasteiger partial charge is 0.273 e. The molecule has 2 rings (SSSR count). The average molecular weight is 366 g/mol. The number of benzene rings is 2. The number of anilines is 1. The standard InChI is InChI=1S/C16H18N2O6S/c1-17(25(3,21)22)15-9-6-13(18(19)20)10-16(15)24-11-12-4-7-14(23-2)8-5-12/h4-10H,11H2,1-3H3. The van der Waals surface area contributed by atoms with Crippen molar-refractivity contribution in [3.05, 3.63) is 58.1 Å². The second-order valence-corrected chi connectivity index (χ2v) is 7.29. The van der Waals surface area contributed by atoms with Gasteiger partial charge in [0.05, 0.1) is 30.0 Å². The topological polar surface area (TPSA) is 99.0 Å². The van der Waals surface area contributed by atoms with Gasteiger partial charge in [-0.25, -0.2) is 8.42 Å². The fourth-order valence-electron chi connectivity index (χ4n) is 2.05. The largest absolute Gasteiger partial charge is 0.497 e. The van der Waals surface area contributed by atoms with Crippen LogP contribution in [0.1, 0.15) is 5.56 Å². The molecule has 0 saturated heterocycles. The molecule has 0 spiro atoms. The molecule has 2 aromatic carbocycles. The molecule has 0 aromatic heterocycles. The highest BCUT2D eigenvalue weighted by Crippen LogP contribution is 2.33. The second-order valence-electron chi connectivity index (χ2n) is 5.28. The van der Waals surface area contributed by atoms with Crippen LogP contribution in [-0.4, -0.2) is 33.8 Å². The van der Waals surface area contributed by atoms with Gasteiger partial charge in [0, 0.05) is 13.1 Å². The third kappa shape index (κ3) is 4.60. The molecule has 0 amide bonds. The summed E-state index contributed by atoms with van der Waals surface area (Å²) in [6, 6.07) is 10.9. The van der Waals surface area contributed by atoms with E-state index < -0.39 is 14.9 Å². The van der Waals surface area contributed by atoms with Crippen LogP contribution in [0.25, 0.3) is 0 Å². The summed E-state index contributed by atoms with van der Waals surface area (Å²) in [4.78, 5) is 10.4. The van der Waals surface area contributed by atoms with Gasteiger partial charge in [0.2, 0.25) is 10.0 Å². The molecule has 0 heterocycles. The highest BCUT2D eigenvalue weighted by Gasteiger charge is 2.20. The first-order chi connectivity index (χ1) is 11.7. The zero-order valence-electron chi connectivity index (χ0n) is 14.0. The Morgan fingerprint density at radius 1 is 1.16 bits per heavy atom. The van der Waals surface area contributed by atoms with Crippen LogP contribution in [0, 0.1) is 10.1 Å². The molecule has 0 aliphatic heterocycles. The summed E-state index contributed by atoms with van der Waals surface area (Å²) >= 11 is 0. The maximum atomic E-state index is 11.8. The average Bonchev–Trinajstić information content (AvgIpc) is 2.58. The van der Waals surface area contributed by atoms with Crippen molar-refractivity contribution in [1.82, 2.24) is 0 Å². The van der Waals surface area contributed by atoms with Crippen molar-refractivity contribution in [1.29, 1.82) is 0 Å². The van der Waals surface area contributed by atoms with Crippen molar-refractivity contribution in [3.8, 4) is 11.5 Å². The van der Waals surface area contributed by atoms with Gasteiger partial charge in [-0.2, -0.15) is 0 Å². The highest BCUT2D eigenvalue weighted by molar-refractivity contribution is 7.92. The van der Waals surface area contributed by atoms with Crippen LogP contribution in [0.15, 0.2) is 42.5 Å². The molecule has 9 heteroatoms. The van der Waals surface area contributed by atoms with E-state index >= 15 is 0 Å². The lowest BCUT2D eigenvalue weighted by Crippen LogP contribution is -2.25. The van der Waals surface area contributed by atoms with E-state index in [4.69, 9.17) is 9.47 Å². The SMILES string of the molecule is COc1ccc(COc2cc([N+](=O)[O-])ccc2N(C)S(C)(=O)=O)cc1. The van der Waals surface area contributed by atoms with E-state index in [1.807, 2.05) is 0 Å². The van der Waals surface area contributed by atoms with Gasteiger partial charge in [-0.15, -0.1) is 0 Å². The number of hydrogen-bond donors (Lipinski definition) is 0. The van der Waals surface area contributed by atoms with Gasteiger partial charge in [0.25, 0.3) is 5.69 Å². The number of nitrogens with zero attached hydrogens (tertiary/aromatic N) is 2. The predicted molar refractivity (Wildman–Crippen MR) is 93.7 cm³/mol. The first-order valence-electron chi connectivity index (χ1n) is 7.20. The molecule has 0 N–H and O–H groups in total. The Balaban J connectivity index is 2.32. The number of nitro groups is 1. The fourth-order valence-corrected chi connectivity index (χ4v) is 2.56. The van der Waals surface area contributed by atoms with Crippen LogP contribution in [0.5, 0.6) is 11.5 Å². The molecular weight excluding hydrogens is 348 g/mol. The first kappa shape index (κ1) is 18.5. The Kier molecular flexibility index (Phi) is 5.48. The van der Waals surface area contributed by atoms with Gasteiger partial charge in [0.15, 0.2) is 5.75 Å². The van der Waals surface area contributed by atoms with Crippen LogP contribution in [0.4, 0.5) is 11.4 Å². The number of hydrogen-bond acceptors (Lipinski definition) is 6. The van der Waals surface area contributed by atoms with Gasteiger partial charge in [-0.05, 0) is 23.8 Å². The number of rotatable bonds is 7. The van der Waals surface area contributed by atoms with Gasteiger partial charge >= 0.3 is 0 Å². The number of non-ortho nitro benzene ring substituents is 1. The molecule has 0 atom stereocenters. The number of sulfonamides is 1. The van der Waals surface area contributed by atoms with Crippen molar-refractivity contribution in [2.24, 2.45) is 0 Å². The minimum absolute atomic E-state index is 0.109. The maximum absolute atomic E-state index is 11.8. The Bertz CT molecular complexity index is 865. The maximum Gasteiger partial charge on any atom is 0.273 e. The molecule has 0 bridgehead atoms. The Hall–Kier alpha value is -2.81. The summed E-state index contributed by atoms with van der Waals surface area (Å²) in [5.41, 5.74) is 0.845. The van der Waals surface area contributed by atoms with Crippen LogP contribution in [0.2, 0.25) is 0 Å². The van der Waals surface area contributed by atoms with Crippen LogP contribution >= 0.6 is 0 Å². The summed E-state index contributed by atoms with van der Waals surface area (Å²) in [7, 11) is -0.621. The second kappa shape index (κ2) is 7.39. The first-order valence-corrected chi connectivity index (χ1v) is 9.05. The van der Waals surface area contributed by atoms with E-state index in [9.17, 15) is 18.5 Å². The van der Waals surface area contributed by atoms with Crippen molar-refractivity contribution in [2.75, 3.05) is 24.7 Å². The molecule has 8 nitrogen and oxygen atoms in total. The van der Waals surface area contributed by atoms with Crippen LogP contribution < -0.4 is 13.8 Å². The van der Waals surface area contributed by atoms with Gasteiger partial charge in [-0.1, -0.05) is 12.1 Å². The number of methoxy groups -OCH3 is 1. The Morgan fingerprint density at radius 3 is 2.32 bits per heavy atom. The van der Waals surface area contributed by atoms with E-state index in [0.717, 1.165) is 16.1 Å². The lowest BCUT2D eigenvalue weighted by Gasteiger charge is -2.20. The summed E-state index contributed by atoms with van der Waals surface area (Å²) in [5.74, 6) is 0.801. The lowest BCUT2D eigenvalue weighted by atomic mass is 10.2. The van der Waals surface area contributed by atoms with Crippen molar-refractivity contribution in [2.45, 2.75) is 6.61 Å². The quantitative estimate of drug-likeness (QED) is 0.552. The predicted octanol–water partition coefficient (Wildman–Crippen LogP) is 2.58. The Morgan fingerprint density at radius 2 is 1.80 bits per heavy atom. The summed E-state index contributed by atoms with van der Waals surface area (Å²) < 4.78 is 35.3. The van der Waals surface area contributed by atoms with E-state index in [-0.39, 0.29) is 23.7 Å². The van der Waals surface area contributed by atoms with E-state index in [0.29, 0.717) is 5.75 Å². The number of nitro benzene ring substituents is 1. The normalized spacial score (nSPS) is 11.0. The Labute approximate surface area is 145 Å². The minimum Gasteiger partial charge on any atom is -0.497 e. The summed E-state index contributed by atoms with van der Waals surface area (Å²) in [6.07, 6.45) is 1.04. The van der Waals surface area contributed by atoms with Crippen molar-refractivity contribution in [3.63, 3.8) is 0 Å². The number of ether oxygens (including phenoxy) is 2. The highest BCUT2D eigenvalue weighted by atomic mass is 32.2. The molecule has 25 heavy (non-hydrogen) atoms. The van der Waals surface area contributed by atoms with Crippen LogP contribution in [-0.2, 0) is 16.6 Å². The van der Waals surface area contributed by atoms with Gasteiger partial charge in [0.1, 0.15) is 12.4 Å². The molecule has 0 unspecified atom stereocenters. The van der Waals surface area contributed by atoms with Crippen molar-refractivity contribution >= 4 is 21.4 Å². The third-order valence-corrected chi connectivity index (χ3v) is 4.74. The lowest BCUT2D eigenvalue weighted by molar-refractivity contribution is -0.384. The molecule has 0 aliphatic carbocycles. The van der Waals surface area contributed by atoms with Crippen molar-refractivity contribution < 1.29 is 22.8 Å².